The first-order valence-electron chi connectivity index (χ1n) is 12.4. The van der Waals surface area contributed by atoms with Crippen molar-refractivity contribution in [2.24, 2.45) is 5.92 Å². The van der Waals surface area contributed by atoms with Gasteiger partial charge < -0.3 is 24.6 Å². The molecule has 1 amide bonds. The van der Waals surface area contributed by atoms with Crippen molar-refractivity contribution in [3.05, 3.63) is 71.0 Å². The number of hydrogen-bond donors (Lipinski definition) is 2. The van der Waals surface area contributed by atoms with Crippen LogP contribution in [-0.2, 0) is 31.1 Å². The van der Waals surface area contributed by atoms with E-state index in [9.17, 15) is 29.1 Å². The van der Waals surface area contributed by atoms with Crippen LogP contribution in [0.3, 0.4) is 0 Å². The highest BCUT2D eigenvalue weighted by Gasteiger charge is 2.58. The average Bonchev–Trinajstić information content (AvgIpc) is 3.20. The van der Waals surface area contributed by atoms with E-state index in [1.54, 1.807) is 12.1 Å². The SMILES string of the molecule is COc1cc(O)c2c(c1C(=O)NCc1c(OC(C)=O)ccc3ccccc13)OC1=CC(=O)C(C(C)=O)C(=O)[C@]12C. The summed E-state index contributed by atoms with van der Waals surface area (Å²) in [6.07, 6.45) is 1.06. The van der Waals surface area contributed by atoms with Crippen molar-refractivity contribution >= 4 is 40.0 Å². The summed E-state index contributed by atoms with van der Waals surface area (Å²) in [5, 5.41) is 15.3. The lowest BCUT2D eigenvalue weighted by atomic mass is 9.67. The largest absolute Gasteiger partial charge is 0.507 e. The Morgan fingerprint density at radius 2 is 1.80 bits per heavy atom. The number of ether oxygens (including phenoxy) is 3. The second kappa shape index (κ2) is 9.64. The standard InChI is InChI=1S/C30H25NO9/c1-14(32)24-19(34)12-23-30(3,28(24)36)26-20(35)11-22(38-4)25(27(26)40-23)29(37)31-13-18-17-8-6-5-7-16(17)9-10-21(18)39-15(2)33/h5-12,24,35H,13H2,1-4H3,(H,31,37)/t24?,30-/m1/s1. The first kappa shape index (κ1) is 26.6. The van der Waals surface area contributed by atoms with Crippen molar-refractivity contribution in [2.45, 2.75) is 32.7 Å². The number of ketones is 3. The van der Waals surface area contributed by atoms with Gasteiger partial charge in [0.05, 0.1) is 12.7 Å². The Balaban J connectivity index is 1.59. The highest BCUT2D eigenvalue weighted by molar-refractivity contribution is 6.27. The van der Waals surface area contributed by atoms with Crippen LogP contribution in [0.5, 0.6) is 23.0 Å². The van der Waals surface area contributed by atoms with E-state index in [2.05, 4.69) is 5.32 Å². The molecule has 0 aromatic heterocycles. The molecule has 0 spiro atoms. The third kappa shape index (κ3) is 4.00. The summed E-state index contributed by atoms with van der Waals surface area (Å²) in [5.41, 5.74) is -1.30. The van der Waals surface area contributed by atoms with E-state index in [4.69, 9.17) is 14.2 Å². The van der Waals surface area contributed by atoms with Gasteiger partial charge in [0.1, 0.15) is 45.7 Å². The maximum absolute atomic E-state index is 13.7. The Kier molecular flexibility index (Phi) is 6.41. The summed E-state index contributed by atoms with van der Waals surface area (Å²) >= 11 is 0. The van der Waals surface area contributed by atoms with Crippen molar-refractivity contribution in [1.29, 1.82) is 0 Å². The summed E-state index contributed by atoms with van der Waals surface area (Å²) in [4.78, 5) is 63.6. The summed E-state index contributed by atoms with van der Waals surface area (Å²) in [5.74, 6) is -5.31. The van der Waals surface area contributed by atoms with E-state index in [0.29, 0.717) is 5.56 Å². The van der Waals surface area contributed by atoms with E-state index < -0.39 is 46.3 Å². The Hall–Kier alpha value is -4.99. The Morgan fingerprint density at radius 3 is 2.48 bits per heavy atom. The Bertz CT molecular complexity index is 1690. The van der Waals surface area contributed by atoms with Crippen molar-refractivity contribution in [2.75, 3.05) is 7.11 Å². The van der Waals surface area contributed by atoms with E-state index in [1.807, 2.05) is 24.3 Å². The van der Waals surface area contributed by atoms with Gasteiger partial charge in [-0.05, 0) is 30.7 Å². The lowest BCUT2D eigenvalue weighted by Crippen LogP contribution is -2.47. The summed E-state index contributed by atoms with van der Waals surface area (Å²) in [6, 6.07) is 12.0. The van der Waals surface area contributed by atoms with Crippen molar-refractivity contribution in [1.82, 2.24) is 5.32 Å². The van der Waals surface area contributed by atoms with Gasteiger partial charge >= 0.3 is 5.97 Å². The number of methoxy groups -OCH3 is 1. The molecular formula is C30H25NO9. The number of phenolic OH excluding ortho intramolecular Hbond substituents is 1. The summed E-state index contributed by atoms with van der Waals surface area (Å²) in [7, 11) is 1.30. The molecule has 0 radical (unpaired) electrons. The molecule has 1 unspecified atom stereocenters. The normalized spacial score (nSPS) is 19.3. The van der Waals surface area contributed by atoms with Gasteiger partial charge in [0.15, 0.2) is 17.3 Å². The van der Waals surface area contributed by atoms with Gasteiger partial charge in [-0.25, -0.2) is 0 Å². The maximum Gasteiger partial charge on any atom is 0.308 e. The number of carbonyl (C=O) groups excluding carboxylic acids is 5. The van der Waals surface area contributed by atoms with Crippen LogP contribution in [0.25, 0.3) is 10.8 Å². The van der Waals surface area contributed by atoms with Gasteiger partial charge in [0, 0.05) is 31.2 Å². The monoisotopic (exact) mass is 543 g/mol. The third-order valence-corrected chi connectivity index (χ3v) is 7.27. The Labute approximate surface area is 228 Å². The third-order valence-electron chi connectivity index (χ3n) is 7.27. The fraction of sp³-hybridized carbons (Fsp3) is 0.233. The van der Waals surface area contributed by atoms with Crippen LogP contribution in [0.15, 0.2) is 54.3 Å². The van der Waals surface area contributed by atoms with Crippen LogP contribution >= 0.6 is 0 Å². The number of rotatable bonds is 6. The van der Waals surface area contributed by atoms with E-state index >= 15 is 0 Å². The van der Waals surface area contributed by atoms with Crippen LogP contribution in [0, 0.1) is 5.92 Å². The van der Waals surface area contributed by atoms with Gasteiger partial charge in [-0.15, -0.1) is 0 Å². The molecule has 3 aromatic carbocycles. The van der Waals surface area contributed by atoms with Crippen LogP contribution in [0.4, 0.5) is 0 Å². The zero-order chi connectivity index (χ0) is 28.9. The molecule has 1 aliphatic heterocycles. The van der Waals surface area contributed by atoms with Gasteiger partial charge in [-0.3, -0.25) is 24.0 Å². The molecular weight excluding hydrogens is 518 g/mol. The number of hydrogen-bond acceptors (Lipinski definition) is 9. The highest BCUT2D eigenvalue weighted by atomic mass is 16.5. The molecule has 2 N–H and O–H groups in total. The van der Waals surface area contributed by atoms with Gasteiger partial charge in [0.25, 0.3) is 5.91 Å². The molecule has 40 heavy (non-hydrogen) atoms. The van der Waals surface area contributed by atoms with Crippen molar-refractivity contribution < 1.29 is 43.3 Å². The van der Waals surface area contributed by atoms with E-state index in [1.165, 1.54) is 27.0 Å². The lowest BCUT2D eigenvalue weighted by molar-refractivity contribution is -0.140. The molecule has 204 valence electrons. The second-order valence-electron chi connectivity index (χ2n) is 9.76. The first-order valence-corrected chi connectivity index (χ1v) is 12.4. The maximum atomic E-state index is 13.7. The lowest BCUT2D eigenvalue weighted by Gasteiger charge is -2.30. The van der Waals surface area contributed by atoms with Crippen molar-refractivity contribution in [3.63, 3.8) is 0 Å². The Morgan fingerprint density at radius 1 is 1.07 bits per heavy atom. The predicted molar refractivity (Wildman–Crippen MR) is 141 cm³/mol. The molecule has 1 aliphatic carbocycles. The van der Waals surface area contributed by atoms with Crippen LogP contribution in [-0.4, -0.2) is 41.4 Å². The number of amides is 1. The van der Waals surface area contributed by atoms with Crippen LogP contribution in [0.1, 0.15) is 42.3 Å². The van der Waals surface area contributed by atoms with E-state index in [0.717, 1.165) is 23.8 Å². The fourth-order valence-electron chi connectivity index (χ4n) is 5.36. The highest BCUT2D eigenvalue weighted by Crippen LogP contribution is 2.56. The van der Waals surface area contributed by atoms with Gasteiger partial charge in [0.2, 0.25) is 0 Å². The predicted octanol–water partition coefficient (Wildman–Crippen LogP) is 3.30. The molecule has 10 heteroatoms. The molecule has 2 aliphatic rings. The summed E-state index contributed by atoms with van der Waals surface area (Å²) < 4.78 is 16.6. The minimum absolute atomic E-state index is 0.0424. The minimum atomic E-state index is -1.68. The molecule has 3 aromatic rings. The van der Waals surface area contributed by atoms with Crippen LogP contribution in [0.2, 0.25) is 0 Å². The molecule has 1 heterocycles. The first-order chi connectivity index (χ1) is 19.0. The van der Waals surface area contributed by atoms with Crippen molar-refractivity contribution in [3.8, 4) is 23.0 Å². The molecule has 2 atom stereocenters. The fourth-order valence-corrected chi connectivity index (χ4v) is 5.36. The topological polar surface area (TPSA) is 145 Å². The summed E-state index contributed by atoms with van der Waals surface area (Å²) in [6.45, 7) is 3.79. The zero-order valence-corrected chi connectivity index (χ0v) is 22.1. The second-order valence-corrected chi connectivity index (χ2v) is 9.76. The molecule has 0 bridgehead atoms. The number of Topliss-reactive ketones (excluding diaryl/α,β-unsaturated/α-hetero) is 2. The zero-order valence-electron chi connectivity index (χ0n) is 22.1. The number of aromatic hydroxyl groups is 1. The van der Waals surface area contributed by atoms with Gasteiger partial charge in [-0.2, -0.15) is 0 Å². The molecule has 5 rings (SSSR count). The average molecular weight is 544 g/mol. The molecule has 10 nitrogen and oxygen atoms in total. The minimum Gasteiger partial charge on any atom is -0.507 e. The smallest absolute Gasteiger partial charge is 0.308 e. The number of benzene rings is 3. The van der Waals surface area contributed by atoms with Crippen LogP contribution < -0.4 is 19.5 Å². The number of carbonyl (C=O) groups is 5. The molecule has 0 fully saturated rings. The quantitative estimate of drug-likeness (QED) is 0.272. The number of esters is 1. The number of nitrogens with one attached hydrogen (secondary N) is 1. The molecule has 0 saturated heterocycles. The number of phenols is 1. The number of allylic oxidation sites excluding steroid dienone is 2. The van der Waals surface area contributed by atoms with E-state index in [-0.39, 0.29) is 40.7 Å². The molecule has 0 saturated carbocycles. The number of fused-ring (bicyclic) bond motifs is 4. The van der Waals surface area contributed by atoms with Gasteiger partial charge in [-0.1, -0.05) is 30.3 Å².